The Labute approximate surface area is 125 Å². The van der Waals surface area contributed by atoms with Crippen LogP contribution in [0.25, 0.3) is 0 Å². The van der Waals surface area contributed by atoms with Crippen LogP contribution >= 0.6 is 0 Å². The van der Waals surface area contributed by atoms with E-state index in [0.717, 1.165) is 0 Å². The van der Waals surface area contributed by atoms with Crippen LogP contribution in [0, 0.1) is 5.92 Å². The third kappa shape index (κ3) is 3.97. The van der Waals surface area contributed by atoms with E-state index in [-0.39, 0.29) is 23.8 Å². The predicted molar refractivity (Wildman–Crippen MR) is 80.0 cm³/mol. The normalized spacial score (nSPS) is 16.0. The zero-order valence-corrected chi connectivity index (χ0v) is 12.5. The Morgan fingerprint density at radius 2 is 1.95 bits per heavy atom. The van der Waals surface area contributed by atoms with Crippen molar-refractivity contribution in [1.82, 2.24) is 4.90 Å². The molecule has 0 aromatic heterocycles. The zero-order valence-electron chi connectivity index (χ0n) is 12.5. The average molecular weight is 290 g/mol. The number of rotatable bonds is 4. The van der Waals surface area contributed by atoms with Gasteiger partial charge in [-0.1, -0.05) is 6.07 Å². The number of carbonyl (C=O) groups is 2. The molecule has 5 heteroatoms. The number of benzene rings is 1. The summed E-state index contributed by atoms with van der Waals surface area (Å²) < 4.78 is 5.61. The summed E-state index contributed by atoms with van der Waals surface area (Å²) in [6.45, 7) is 5.04. The van der Waals surface area contributed by atoms with Crippen LogP contribution in [0.1, 0.15) is 37.0 Å². The lowest BCUT2D eigenvalue weighted by Gasteiger charge is -2.30. The van der Waals surface area contributed by atoms with Crippen LogP contribution in [-0.2, 0) is 4.79 Å². The molecule has 21 heavy (non-hydrogen) atoms. The maximum absolute atomic E-state index is 12.5. The SMILES string of the molecule is CC(C)Oc1cccc(C(=O)N2CCC(C(N)=O)CC2)c1. The van der Waals surface area contributed by atoms with Gasteiger partial charge in [0, 0.05) is 24.6 Å². The molecular formula is C16H22N2O3. The molecular weight excluding hydrogens is 268 g/mol. The molecule has 2 amide bonds. The van der Waals surface area contributed by atoms with Gasteiger partial charge in [-0.05, 0) is 44.9 Å². The average Bonchev–Trinajstić information content (AvgIpc) is 2.46. The molecule has 0 spiro atoms. The van der Waals surface area contributed by atoms with E-state index >= 15 is 0 Å². The van der Waals surface area contributed by atoms with Gasteiger partial charge < -0.3 is 15.4 Å². The van der Waals surface area contributed by atoms with E-state index in [1.54, 1.807) is 17.0 Å². The predicted octanol–water partition coefficient (Wildman–Crippen LogP) is 1.81. The smallest absolute Gasteiger partial charge is 0.253 e. The molecule has 0 atom stereocenters. The first-order valence-corrected chi connectivity index (χ1v) is 7.32. The summed E-state index contributed by atoms with van der Waals surface area (Å²) >= 11 is 0. The van der Waals surface area contributed by atoms with Crippen LogP contribution in [0.15, 0.2) is 24.3 Å². The molecule has 0 radical (unpaired) electrons. The summed E-state index contributed by atoms with van der Waals surface area (Å²) in [4.78, 5) is 25.4. The monoisotopic (exact) mass is 290 g/mol. The van der Waals surface area contributed by atoms with Crippen molar-refractivity contribution in [3.05, 3.63) is 29.8 Å². The minimum atomic E-state index is -0.269. The lowest BCUT2D eigenvalue weighted by molar-refractivity contribution is -0.123. The number of likely N-dealkylation sites (tertiary alicyclic amines) is 1. The summed E-state index contributed by atoms with van der Waals surface area (Å²) in [7, 11) is 0. The molecule has 1 aromatic rings. The second-order valence-corrected chi connectivity index (χ2v) is 5.66. The Kier molecular flexibility index (Phi) is 4.83. The van der Waals surface area contributed by atoms with Crippen molar-refractivity contribution in [2.24, 2.45) is 11.7 Å². The van der Waals surface area contributed by atoms with Crippen molar-refractivity contribution in [2.45, 2.75) is 32.8 Å². The fraction of sp³-hybridized carbons (Fsp3) is 0.500. The zero-order chi connectivity index (χ0) is 15.4. The third-order valence-corrected chi connectivity index (χ3v) is 3.64. The molecule has 1 aliphatic heterocycles. The highest BCUT2D eigenvalue weighted by molar-refractivity contribution is 5.94. The second-order valence-electron chi connectivity index (χ2n) is 5.66. The number of hydrogen-bond donors (Lipinski definition) is 1. The van der Waals surface area contributed by atoms with Crippen molar-refractivity contribution in [1.29, 1.82) is 0 Å². The Bertz CT molecular complexity index is 520. The highest BCUT2D eigenvalue weighted by Gasteiger charge is 2.26. The Morgan fingerprint density at radius 3 is 2.52 bits per heavy atom. The molecule has 0 bridgehead atoms. The van der Waals surface area contributed by atoms with Gasteiger partial charge in [-0.3, -0.25) is 9.59 Å². The molecule has 1 heterocycles. The molecule has 0 aliphatic carbocycles. The Balaban J connectivity index is 2.02. The number of primary amides is 1. The lowest BCUT2D eigenvalue weighted by atomic mass is 9.96. The summed E-state index contributed by atoms with van der Waals surface area (Å²) in [5.41, 5.74) is 5.92. The lowest BCUT2D eigenvalue weighted by Crippen LogP contribution is -2.41. The maximum atomic E-state index is 12.5. The number of amides is 2. The van der Waals surface area contributed by atoms with Gasteiger partial charge in [0.05, 0.1) is 6.10 Å². The van der Waals surface area contributed by atoms with Crippen molar-refractivity contribution >= 4 is 11.8 Å². The Morgan fingerprint density at radius 1 is 1.29 bits per heavy atom. The van der Waals surface area contributed by atoms with Gasteiger partial charge in [0.2, 0.25) is 5.91 Å². The van der Waals surface area contributed by atoms with Gasteiger partial charge >= 0.3 is 0 Å². The van der Waals surface area contributed by atoms with Gasteiger partial charge in [-0.2, -0.15) is 0 Å². The third-order valence-electron chi connectivity index (χ3n) is 3.64. The highest BCUT2D eigenvalue weighted by Crippen LogP contribution is 2.21. The molecule has 0 unspecified atom stereocenters. The minimum Gasteiger partial charge on any atom is -0.491 e. The molecule has 2 rings (SSSR count). The largest absolute Gasteiger partial charge is 0.491 e. The molecule has 1 aliphatic rings. The molecule has 114 valence electrons. The van der Waals surface area contributed by atoms with Gasteiger partial charge in [0.15, 0.2) is 0 Å². The first-order valence-electron chi connectivity index (χ1n) is 7.32. The van der Waals surface area contributed by atoms with Crippen LogP contribution in [0.5, 0.6) is 5.75 Å². The molecule has 1 aromatic carbocycles. The van der Waals surface area contributed by atoms with Gasteiger partial charge in [-0.15, -0.1) is 0 Å². The number of piperidine rings is 1. The van der Waals surface area contributed by atoms with Crippen LogP contribution in [0.4, 0.5) is 0 Å². The molecule has 5 nitrogen and oxygen atoms in total. The first-order chi connectivity index (χ1) is 9.97. The van der Waals surface area contributed by atoms with E-state index in [1.165, 1.54) is 0 Å². The number of ether oxygens (including phenoxy) is 1. The van der Waals surface area contributed by atoms with Crippen LogP contribution in [-0.4, -0.2) is 35.9 Å². The fourth-order valence-corrected chi connectivity index (χ4v) is 2.52. The van der Waals surface area contributed by atoms with Gasteiger partial charge in [0.25, 0.3) is 5.91 Å². The van der Waals surface area contributed by atoms with E-state index in [2.05, 4.69) is 0 Å². The molecule has 0 saturated carbocycles. The highest BCUT2D eigenvalue weighted by atomic mass is 16.5. The molecule has 2 N–H and O–H groups in total. The number of hydrogen-bond acceptors (Lipinski definition) is 3. The Hall–Kier alpha value is -2.04. The number of carbonyl (C=O) groups excluding carboxylic acids is 2. The summed E-state index contributed by atoms with van der Waals surface area (Å²) in [6.07, 6.45) is 1.36. The van der Waals surface area contributed by atoms with Crippen molar-refractivity contribution in [3.63, 3.8) is 0 Å². The number of nitrogens with two attached hydrogens (primary N) is 1. The van der Waals surface area contributed by atoms with E-state index in [0.29, 0.717) is 37.2 Å². The standard InChI is InChI=1S/C16H22N2O3/c1-11(2)21-14-5-3-4-13(10-14)16(20)18-8-6-12(7-9-18)15(17)19/h3-5,10-12H,6-9H2,1-2H3,(H2,17,19). The van der Waals surface area contributed by atoms with E-state index < -0.39 is 0 Å². The van der Waals surface area contributed by atoms with Crippen LogP contribution in [0.2, 0.25) is 0 Å². The van der Waals surface area contributed by atoms with Crippen LogP contribution < -0.4 is 10.5 Å². The van der Waals surface area contributed by atoms with Crippen LogP contribution in [0.3, 0.4) is 0 Å². The molecule has 1 saturated heterocycles. The molecule has 1 fully saturated rings. The van der Waals surface area contributed by atoms with Crippen molar-refractivity contribution in [2.75, 3.05) is 13.1 Å². The maximum Gasteiger partial charge on any atom is 0.253 e. The first kappa shape index (κ1) is 15.4. The minimum absolute atomic E-state index is 0.0212. The second kappa shape index (κ2) is 6.61. The topological polar surface area (TPSA) is 72.6 Å². The van der Waals surface area contributed by atoms with E-state index in [4.69, 9.17) is 10.5 Å². The summed E-state index contributed by atoms with van der Waals surface area (Å²) in [5.74, 6) is 0.300. The van der Waals surface area contributed by atoms with Crippen molar-refractivity contribution in [3.8, 4) is 5.75 Å². The summed E-state index contributed by atoms with van der Waals surface area (Å²) in [6, 6.07) is 7.22. The van der Waals surface area contributed by atoms with Gasteiger partial charge in [0.1, 0.15) is 5.75 Å². The van der Waals surface area contributed by atoms with E-state index in [9.17, 15) is 9.59 Å². The number of nitrogens with zero attached hydrogens (tertiary/aromatic N) is 1. The quantitative estimate of drug-likeness (QED) is 0.919. The van der Waals surface area contributed by atoms with E-state index in [1.807, 2.05) is 26.0 Å². The van der Waals surface area contributed by atoms with Crippen molar-refractivity contribution < 1.29 is 14.3 Å². The van der Waals surface area contributed by atoms with Gasteiger partial charge in [-0.25, -0.2) is 0 Å². The summed E-state index contributed by atoms with van der Waals surface area (Å²) in [5, 5.41) is 0. The fourth-order valence-electron chi connectivity index (χ4n) is 2.52.